The van der Waals surface area contributed by atoms with Gasteiger partial charge in [-0.05, 0) is 64.9 Å². The fourth-order valence-corrected chi connectivity index (χ4v) is 6.05. The second-order valence-electron chi connectivity index (χ2n) is 12.7. The fourth-order valence-electron chi connectivity index (χ4n) is 4.40. The summed E-state index contributed by atoms with van der Waals surface area (Å²) >= 11 is 1.43. The largest absolute Gasteiger partial charge is 0.478 e. The van der Waals surface area contributed by atoms with E-state index < -0.39 is 37.5 Å². The Bertz CT molecular complexity index is 971. The Morgan fingerprint density at radius 3 is 2.31 bits per heavy atom. The van der Waals surface area contributed by atoms with Crippen molar-refractivity contribution in [3.63, 3.8) is 0 Å². The standard InChI is InChI=1S/C28H49N3O6SSi/c1-11-34-21(32)18-35-20-17-29-24(38-8)31-22(20)23(37-39(9,10)27(5,6)7)28(15-13-12-14-16-28)19-30-25(33)36-26(2,3)4/h17,23H,11-16,18-19H2,1-10H3,(H,30,33). The van der Waals surface area contributed by atoms with Gasteiger partial charge in [-0.25, -0.2) is 19.6 Å². The Labute approximate surface area is 240 Å². The molecule has 1 unspecified atom stereocenters. The zero-order valence-corrected chi connectivity index (χ0v) is 27.4. The normalized spacial score (nSPS) is 16.8. The molecular weight excluding hydrogens is 534 g/mol. The number of ether oxygens (including phenoxy) is 3. The molecule has 0 radical (unpaired) electrons. The predicted octanol–water partition coefficient (Wildman–Crippen LogP) is 6.68. The van der Waals surface area contributed by atoms with Crippen molar-refractivity contribution in [1.29, 1.82) is 0 Å². The predicted molar refractivity (Wildman–Crippen MR) is 157 cm³/mol. The minimum Gasteiger partial charge on any atom is -0.478 e. The molecule has 0 aliphatic heterocycles. The Balaban J connectivity index is 2.62. The number of nitrogens with zero attached hydrogens (tertiary/aromatic N) is 2. The van der Waals surface area contributed by atoms with E-state index >= 15 is 0 Å². The Kier molecular flexibility index (Phi) is 11.7. The number of thioether (sulfide) groups is 1. The zero-order chi connectivity index (χ0) is 29.5. The monoisotopic (exact) mass is 583 g/mol. The smallest absolute Gasteiger partial charge is 0.407 e. The minimum absolute atomic E-state index is 0.0684. The molecule has 1 fully saturated rings. The lowest BCUT2D eigenvalue weighted by atomic mass is 9.69. The molecule has 2 rings (SSSR count). The van der Waals surface area contributed by atoms with Crippen LogP contribution in [0.15, 0.2) is 11.4 Å². The third-order valence-electron chi connectivity index (χ3n) is 7.45. The molecule has 0 spiro atoms. The van der Waals surface area contributed by atoms with Gasteiger partial charge in [0.1, 0.15) is 11.3 Å². The molecule has 9 nitrogen and oxygen atoms in total. The highest BCUT2D eigenvalue weighted by molar-refractivity contribution is 7.98. The Morgan fingerprint density at radius 1 is 1.13 bits per heavy atom. The van der Waals surface area contributed by atoms with Crippen LogP contribution in [-0.4, -0.2) is 62.0 Å². The van der Waals surface area contributed by atoms with Crippen molar-refractivity contribution >= 4 is 32.1 Å². The molecule has 0 aromatic carbocycles. The van der Waals surface area contributed by atoms with Crippen LogP contribution in [0.2, 0.25) is 18.1 Å². The maximum absolute atomic E-state index is 12.8. The van der Waals surface area contributed by atoms with Gasteiger partial charge in [-0.2, -0.15) is 0 Å². The molecule has 1 aliphatic rings. The number of hydrogen-bond donors (Lipinski definition) is 1. The Hall–Kier alpha value is -1.85. The molecule has 1 aromatic heterocycles. The summed E-state index contributed by atoms with van der Waals surface area (Å²) in [7, 11) is -2.34. The molecule has 0 saturated heterocycles. The molecule has 0 bridgehead atoms. The van der Waals surface area contributed by atoms with E-state index in [1.54, 1.807) is 13.1 Å². The first kappa shape index (κ1) is 33.4. The number of hydrogen-bond acceptors (Lipinski definition) is 9. The van der Waals surface area contributed by atoms with Crippen molar-refractivity contribution in [2.24, 2.45) is 5.41 Å². The number of amides is 1. The van der Waals surface area contributed by atoms with Crippen molar-refractivity contribution in [2.75, 3.05) is 26.0 Å². The number of carbonyl (C=O) groups is 2. The summed E-state index contributed by atoms with van der Waals surface area (Å²) in [5.74, 6) is -0.0648. The molecule has 39 heavy (non-hydrogen) atoms. The number of carbonyl (C=O) groups excluding carboxylic acids is 2. The second-order valence-corrected chi connectivity index (χ2v) is 18.3. The van der Waals surface area contributed by atoms with Crippen LogP contribution in [0.1, 0.15) is 92.4 Å². The van der Waals surface area contributed by atoms with Crippen molar-refractivity contribution in [1.82, 2.24) is 15.3 Å². The topological polar surface area (TPSA) is 109 Å². The first-order chi connectivity index (χ1) is 18.0. The average molecular weight is 584 g/mol. The summed E-state index contributed by atoms with van der Waals surface area (Å²) in [5, 5.41) is 3.57. The third-order valence-corrected chi connectivity index (χ3v) is 12.4. The first-order valence-electron chi connectivity index (χ1n) is 13.9. The summed E-state index contributed by atoms with van der Waals surface area (Å²) in [6, 6.07) is 0. The van der Waals surface area contributed by atoms with Crippen LogP contribution in [0.25, 0.3) is 0 Å². The highest BCUT2D eigenvalue weighted by atomic mass is 32.2. The van der Waals surface area contributed by atoms with E-state index in [1.807, 2.05) is 27.0 Å². The lowest BCUT2D eigenvalue weighted by molar-refractivity contribution is -0.145. The molecule has 1 N–H and O–H groups in total. The molecule has 1 aromatic rings. The molecule has 222 valence electrons. The average Bonchev–Trinajstić information content (AvgIpc) is 2.84. The van der Waals surface area contributed by atoms with Gasteiger partial charge in [0.25, 0.3) is 0 Å². The van der Waals surface area contributed by atoms with Crippen LogP contribution >= 0.6 is 11.8 Å². The summed E-state index contributed by atoms with van der Waals surface area (Å²) in [4.78, 5) is 34.3. The van der Waals surface area contributed by atoms with Crippen LogP contribution in [0.5, 0.6) is 5.75 Å². The van der Waals surface area contributed by atoms with E-state index in [9.17, 15) is 9.59 Å². The van der Waals surface area contributed by atoms with Gasteiger partial charge in [0.15, 0.2) is 25.8 Å². The van der Waals surface area contributed by atoms with Crippen molar-refractivity contribution in [3.05, 3.63) is 11.9 Å². The van der Waals surface area contributed by atoms with Crippen LogP contribution in [-0.2, 0) is 18.7 Å². The van der Waals surface area contributed by atoms with Crippen LogP contribution < -0.4 is 10.1 Å². The highest BCUT2D eigenvalue weighted by Crippen LogP contribution is 2.52. The lowest BCUT2D eigenvalue weighted by Crippen LogP contribution is -2.50. The molecule has 11 heteroatoms. The van der Waals surface area contributed by atoms with Gasteiger partial charge < -0.3 is 24.0 Å². The van der Waals surface area contributed by atoms with Gasteiger partial charge in [-0.1, -0.05) is 51.8 Å². The van der Waals surface area contributed by atoms with Crippen LogP contribution in [0, 0.1) is 5.41 Å². The molecule has 1 atom stereocenters. The van der Waals surface area contributed by atoms with Gasteiger partial charge in [0, 0.05) is 12.0 Å². The number of esters is 1. The fraction of sp³-hybridized carbons (Fsp3) is 0.786. The van der Waals surface area contributed by atoms with Crippen molar-refractivity contribution < 1.29 is 28.2 Å². The second kappa shape index (κ2) is 13.7. The van der Waals surface area contributed by atoms with Gasteiger partial charge in [-0.3, -0.25) is 0 Å². The SMILES string of the molecule is CCOC(=O)COc1cnc(SC)nc1C(O[Si](C)(C)C(C)(C)C)C1(CNC(=O)OC(C)(C)C)CCCCC1. The third kappa shape index (κ3) is 9.63. The van der Waals surface area contributed by atoms with Crippen molar-refractivity contribution in [3.8, 4) is 5.75 Å². The van der Waals surface area contributed by atoms with Gasteiger partial charge in [-0.15, -0.1) is 0 Å². The summed E-state index contributed by atoms with van der Waals surface area (Å²) < 4.78 is 23.8. The quantitative estimate of drug-likeness (QED) is 0.132. The number of alkyl carbamates (subject to hydrolysis) is 1. The van der Waals surface area contributed by atoms with Gasteiger partial charge in [0.05, 0.1) is 18.9 Å². The summed E-state index contributed by atoms with van der Waals surface area (Å²) in [6.45, 7) is 18.7. The van der Waals surface area contributed by atoms with E-state index in [2.05, 4.69) is 44.2 Å². The van der Waals surface area contributed by atoms with E-state index in [0.717, 1.165) is 32.1 Å². The Morgan fingerprint density at radius 2 is 1.77 bits per heavy atom. The summed E-state index contributed by atoms with van der Waals surface area (Å²) in [5.41, 5.74) is -0.442. The zero-order valence-electron chi connectivity index (χ0n) is 25.6. The maximum Gasteiger partial charge on any atom is 0.407 e. The first-order valence-corrected chi connectivity index (χ1v) is 18.0. The molecule has 1 heterocycles. The van der Waals surface area contributed by atoms with Gasteiger partial charge in [0.2, 0.25) is 0 Å². The lowest BCUT2D eigenvalue weighted by Gasteiger charge is -2.48. The maximum atomic E-state index is 12.8. The molecule has 1 aliphatic carbocycles. The van der Waals surface area contributed by atoms with Crippen molar-refractivity contribution in [2.45, 2.75) is 116 Å². The van der Waals surface area contributed by atoms with Crippen LogP contribution in [0.4, 0.5) is 4.79 Å². The summed E-state index contributed by atoms with van der Waals surface area (Å²) in [6.07, 6.45) is 7.42. The van der Waals surface area contributed by atoms with E-state index in [1.165, 1.54) is 11.8 Å². The number of nitrogens with one attached hydrogen (secondary N) is 1. The van der Waals surface area contributed by atoms with E-state index in [-0.39, 0.29) is 18.3 Å². The van der Waals surface area contributed by atoms with Crippen LogP contribution in [0.3, 0.4) is 0 Å². The minimum atomic E-state index is -2.34. The van der Waals surface area contributed by atoms with E-state index in [4.69, 9.17) is 23.6 Å². The highest BCUT2D eigenvalue weighted by Gasteiger charge is 2.49. The van der Waals surface area contributed by atoms with Gasteiger partial charge >= 0.3 is 12.1 Å². The number of aromatic nitrogens is 2. The molecule has 1 amide bonds. The molecular formula is C28H49N3O6SSi. The van der Waals surface area contributed by atoms with E-state index in [0.29, 0.717) is 23.1 Å². The number of rotatable bonds is 11. The molecule has 1 saturated carbocycles.